The highest BCUT2D eigenvalue weighted by Crippen LogP contribution is 2.39. The van der Waals surface area contributed by atoms with E-state index in [0.717, 1.165) is 57.9 Å². The number of nitrogens with zero attached hydrogens (tertiary/aromatic N) is 1. The zero-order valence-electron chi connectivity index (χ0n) is 17.3. The van der Waals surface area contributed by atoms with Crippen molar-refractivity contribution in [2.24, 2.45) is 11.8 Å². The van der Waals surface area contributed by atoms with Crippen LogP contribution >= 0.6 is 0 Å². The third-order valence-electron chi connectivity index (χ3n) is 6.49. The van der Waals surface area contributed by atoms with E-state index in [9.17, 15) is 0 Å². The van der Waals surface area contributed by atoms with Crippen LogP contribution < -0.4 is 0 Å². The predicted molar refractivity (Wildman–Crippen MR) is 105 cm³/mol. The summed E-state index contributed by atoms with van der Waals surface area (Å²) < 4.78 is 18.4. The normalized spacial score (nSPS) is 37.4. The molecule has 4 rings (SSSR count). The Morgan fingerprint density at radius 2 is 2.12 bits per heavy atom. The van der Waals surface area contributed by atoms with Crippen molar-refractivity contribution in [1.82, 2.24) is 4.90 Å². The van der Waals surface area contributed by atoms with Crippen molar-refractivity contribution >= 4 is 0 Å². The Hall–Kier alpha value is -0.420. The van der Waals surface area contributed by atoms with Crippen molar-refractivity contribution < 1.29 is 14.2 Å². The molecule has 26 heavy (non-hydrogen) atoms. The minimum absolute atomic E-state index is 0.265. The van der Waals surface area contributed by atoms with Crippen molar-refractivity contribution in [3.05, 3.63) is 11.6 Å². The van der Waals surface area contributed by atoms with Crippen LogP contribution in [-0.4, -0.2) is 55.7 Å². The van der Waals surface area contributed by atoms with Gasteiger partial charge in [0.2, 0.25) is 0 Å². The van der Waals surface area contributed by atoms with Gasteiger partial charge in [0.15, 0.2) is 5.79 Å². The molecule has 4 nitrogen and oxygen atoms in total. The molecule has 0 aromatic carbocycles. The molecular formula is C22H39NO3. The first kappa shape index (κ1) is 20.3. The second-order valence-electron chi connectivity index (χ2n) is 8.44. The van der Waals surface area contributed by atoms with Crippen LogP contribution in [0.1, 0.15) is 66.2 Å². The molecule has 1 spiro atoms. The zero-order chi connectivity index (χ0) is 18.6. The van der Waals surface area contributed by atoms with Gasteiger partial charge in [-0.05, 0) is 44.1 Å². The molecule has 0 bridgehead atoms. The summed E-state index contributed by atoms with van der Waals surface area (Å²) in [6, 6.07) is 0. The molecule has 3 fully saturated rings. The lowest BCUT2D eigenvalue weighted by atomic mass is 9.88. The summed E-state index contributed by atoms with van der Waals surface area (Å²) in [5, 5.41) is 0. The summed E-state index contributed by atoms with van der Waals surface area (Å²) in [6.07, 6.45) is 9.85. The molecule has 3 saturated heterocycles. The van der Waals surface area contributed by atoms with E-state index in [4.69, 9.17) is 14.2 Å². The lowest BCUT2D eigenvalue weighted by Crippen LogP contribution is -2.43. The number of hydrogen-bond acceptors (Lipinski definition) is 4. The lowest BCUT2D eigenvalue weighted by molar-refractivity contribution is -0.173. The highest BCUT2D eigenvalue weighted by Gasteiger charge is 2.42. The number of allylic oxidation sites excluding steroid dienone is 1. The van der Waals surface area contributed by atoms with Crippen molar-refractivity contribution in [3.63, 3.8) is 0 Å². The standard InChI is InChI=1S/C20H33NO3.C2H6/c1-15(2)16-3-8-20(9-4-16)23-14-18(24-20)6-11-21-10-5-17-7-12-22-19(17)13-21;1-2/h3,15,17-19H,4-14H2,1-2H3;1-2H3. The third kappa shape index (κ3) is 4.70. The van der Waals surface area contributed by atoms with Gasteiger partial charge in [0.25, 0.3) is 0 Å². The fraction of sp³-hybridized carbons (Fsp3) is 0.909. The molecule has 0 radical (unpaired) electrons. The molecule has 4 atom stereocenters. The minimum atomic E-state index is -0.315. The van der Waals surface area contributed by atoms with E-state index in [0.29, 0.717) is 12.0 Å². The van der Waals surface area contributed by atoms with E-state index < -0.39 is 0 Å². The SMILES string of the molecule is CC.CC(C)C1=CCC2(CC1)OCC(CCN1CCC3CCOC3C1)O2. The van der Waals surface area contributed by atoms with Crippen LogP contribution in [0.25, 0.3) is 0 Å². The van der Waals surface area contributed by atoms with Crippen molar-refractivity contribution in [2.45, 2.75) is 84.2 Å². The van der Waals surface area contributed by atoms with Gasteiger partial charge in [-0.1, -0.05) is 39.3 Å². The van der Waals surface area contributed by atoms with Gasteiger partial charge in [0.05, 0.1) is 18.8 Å². The monoisotopic (exact) mass is 365 g/mol. The molecule has 4 unspecified atom stereocenters. The first-order valence-electron chi connectivity index (χ1n) is 11.0. The zero-order valence-corrected chi connectivity index (χ0v) is 17.3. The second kappa shape index (κ2) is 9.18. The Morgan fingerprint density at radius 3 is 2.85 bits per heavy atom. The Labute approximate surface area is 160 Å². The van der Waals surface area contributed by atoms with E-state index >= 15 is 0 Å². The molecule has 0 amide bonds. The number of ether oxygens (including phenoxy) is 3. The van der Waals surface area contributed by atoms with Crippen LogP contribution in [0, 0.1) is 11.8 Å². The molecule has 3 aliphatic heterocycles. The van der Waals surface area contributed by atoms with Gasteiger partial charge >= 0.3 is 0 Å². The maximum Gasteiger partial charge on any atom is 0.172 e. The number of fused-ring (bicyclic) bond motifs is 1. The van der Waals surface area contributed by atoms with Gasteiger partial charge in [-0.2, -0.15) is 0 Å². The minimum Gasteiger partial charge on any atom is -0.377 e. The topological polar surface area (TPSA) is 30.9 Å². The maximum absolute atomic E-state index is 6.37. The van der Waals surface area contributed by atoms with Gasteiger partial charge in [-0.25, -0.2) is 0 Å². The molecule has 0 N–H and O–H groups in total. The van der Waals surface area contributed by atoms with Gasteiger partial charge < -0.3 is 19.1 Å². The smallest absolute Gasteiger partial charge is 0.172 e. The number of rotatable bonds is 4. The molecule has 3 heterocycles. The summed E-state index contributed by atoms with van der Waals surface area (Å²) in [5.41, 5.74) is 1.57. The highest BCUT2D eigenvalue weighted by molar-refractivity contribution is 5.11. The van der Waals surface area contributed by atoms with E-state index in [1.807, 2.05) is 13.8 Å². The molecule has 4 heteroatoms. The van der Waals surface area contributed by atoms with Crippen molar-refractivity contribution in [2.75, 3.05) is 32.8 Å². The van der Waals surface area contributed by atoms with Gasteiger partial charge in [-0.15, -0.1) is 0 Å². The maximum atomic E-state index is 6.37. The van der Waals surface area contributed by atoms with Crippen LogP contribution in [0.5, 0.6) is 0 Å². The van der Waals surface area contributed by atoms with E-state index in [2.05, 4.69) is 24.8 Å². The van der Waals surface area contributed by atoms with E-state index in [-0.39, 0.29) is 11.9 Å². The Morgan fingerprint density at radius 1 is 1.27 bits per heavy atom. The van der Waals surface area contributed by atoms with Crippen LogP contribution in [-0.2, 0) is 14.2 Å². The number of likely N-dealkylation sites (tertiary alicyclic amines) is 1. The summed E-state index contributed by atoms with van der Waals surface area (Å²) in [4.78, 5) is 2.57. The third-order valence-corrected chi connectivity index (χ3v) is 6.49. The molecule has 0 saturated carbocycles. The van der Waals surface area contributed by atoms with Crippen LogP contribution in [0.2, 0.25) is 0 Å². The van der Waals surface area contributed by atoms with Crippen LogP contribution in [0.15, 0.2) is 11.6 Å². The first-order valence-corrected chi connectivity index (χ1v) is 11.0. The lowest BCUT2D eigenvalue weighted by Gasteiger charge is -2.35. The van der Waals surface area contributed by atoms with Crippen molar-refractivity contribution in [1.29, 1.82) is 0 Å². The number of hydrogen-bond donors (Lipinski definition) is 0. The van der Waals surface area contributed by atoms with Crippen LogP contribution in [0.3, 0.4) is 0 Å². The van der Waals surface area contributed by atoms with Crippen LogP contribution in [0.4, 0.5) is 0 Å². The average molecular weight is 366 g/mol. The first-order chi connectivity index (χ1) is 12.6. The summed E-state index contributed by atoms with van der Waals surface area (Å²) in [6.45, 7) is 13.7. The molecule has 0 aromatic rings. The fourth-order valence-electron chi connectivity index (χ4n) is 4.80. The van der Waals surface area contributed by atoms with Gasteiger partial charge in [0, 0.05) is 32.5 Å². The Bertz CT molecular complexity index is 478. The molecule has 0 aromatic heterocycles. The number of piperidine rings is 1. The predicted octanol–water partition coefficient (Wildman–Crippen LogP) is 4.39. The largest absolute Gasteiger partial charge is 0.377 e. The fourth-order valence-corrected chi connectivity index (χ4v) is 4.80. The van der Waals surface area contributed by atoms with Crippen molar-refractivity contribution in [3.8, 4) is 0 Å². The summed E-state index contributed by atoms with van der Waals surface area (Å²) >= 11 is 0. The van der Waals surface area contributed by atoms with E-state index in [1.54, 1.807) is 5.57 Å². The summed E-state index contributed by atoms with van der Waals surface area (Å²) in [5.74, 6) is 1.16. The highest BCUT2D eigenvalue weighted by atomic mass is 16.7. The summed E-state index contributed by atoms with van der Waals surface area (Å²) in [7, 11) is 0. The molecule has 4 aliphatic rings. The Balaban J connectivity index is 0.000000948. The van der Waals surface area contributed by atoms with Gasteiger partial charge in [-0.3, -0.25) is 0 Å². The second-order valence-corrected chi connectivity index (χ2v) is 8.44. The quantitative estimate of drug-likeness (QED) is 0.691. The van der Waals surface area contributed by atoms with Gasteiger partial charge in [0.1, 0.15) is 0 Å². The Kier molecular flexibility index (Phi) is 7.18. The molecular weight excluding hydrogens is 326 g/mol. The molecule has 1 aliphatic carbocycles. The molecule has 150 valence electrons. The van der Waals surface area contributed by atoms with E-state index in [1.165, 1.54) is 19.4 Å². The average Bonchev–Trinajstić information content (AvgIpc) is 3.29.